The highest BCUT2D eigenvalue weighted by molar-refractivity contribution is 5.98. The number of carbonyl (C=O) groups is 2. The number of likely N-dealkylation sites (tertiary alicyclic amines) is 1. The fourth-order valence-electron chi connectivity index (χ4n) is 4.11. The second-order valence-corrected chi connectivity index (χ2v) is 8.64. The molecule has 2 aromatic rings. The zero-order valence-corrected chi connectivity index (χ0v) is 18.1. The molecule has 0 saturated carbocycles. The minimum absolute atomic E-state index is 0.0318. The Labute approximate surface area is 174 Å². The molecule has 2 amide bonds. The predicted molar refractivity (Wildman–Crippen MR) is 118 cm³/mol. The molecule has 0 bridgehead atoms. The van der Waals surface area contributed by atoms with Crippen LogP contribution in [-0.4, -0.2) is 23.3 Å². The van der Waals surface area contributed by atoms with Gasteiger partial charge < -0.3 is 10.2 Å². The number of nitrogens with zero attached hydrogens (tertiary/aromatic N) is 1. The van der Waals surface area contributed by atoms with E-state index < -0.39 is 0 Å². The quantitative estimate of drug-likeness (QED) is 0.707. The Kier molecular flexibility index (Phi) is 6.41. The van der Waals surface area contributed by atoms with E-state index in [-0.39, 0.29) is 30.2 Å². The van der Waals surface area contributed by atoms with Gasteiger partial charge >= 0.3 is 0 Å². The number of anilines is 1. The summed E-state index contributed by atoms with van der Waals surface area (Å²) in [5.74, 6) is 0.278. The summed E-state index contributed by atoms with van der Waals surface area (Å²) >= 11 is 0. The lowest BCUT2D eigenvalue weighted by Crippen LogP contribution is -2.31. The number of benzene rings is 2. The van der Waals surface area contributed by atoms with Crippen LogP contribution >= 0.6 is 0 Å². The first kappa shape index (κ1) is 21.1. The molecule has 1 fully saturated rings. The zero-order valence-electron chi connectivity index (χ0n) is 18.1. The molecule has 29 heavy (non-hydrogen) atoms. The number of nitrogens with one attached hydrogen (secondary N) is 1. The Morgan fingerprint density at radius 2 is 1.52 bits per heavy atom. The summed E-state index contributed by atoms with van der Waals surface area (Å²) in [6.45, 7) is 11.0. The highest BCUT2D eigenvalue weighted by Crippen LogP contribution is 2.34. The van der Waals surface area contributed by atoms with Crippen LogP contribution < -0.4 is 5.32 Å². The average molecular weight is 393 g/mol. The van der Waals surface area contributed by atoms with Crippen LogP contribution in [0.15, 0.2) is 48.5 Å². The van der Waals surface area contributed by atoms with Gasteiger partial charge in [0, 0.05) is 18.7 Å². The lowest BCUT2D eigenvalue weighted by Gasteiger charge is -2.25. The highest BCUT2D eigenvalue weighted by Gasteiger charge is 2.37. The third-order valence-electron chi connectivity index (χ3n) is 5.90. The van der Waals surface area contributed by atoms with E-state index in [1.165, 1.54) is 0 Å². The summed E-state index contributed by atoms with van der Waals surface area (Å²) in [6.07, 6.45) is 0.268. The van der Waals surface area contributed by atoms with Crippen LogP contribution in [0.3, 0.4) is 0 Å². The molecule has 4 nitrogen and oxygen atoms in total. The summed E-state index contributed by atoms with van der Waals surface area (Å²) in [5, 5.41) is 3.19. The third kappa shape index (κ3) is 4.52. The predicted octanol–water partition coefficient (Wildman–Crippen LogP) is 5.48. The number of para-hydroxylation sites is 1. The minimum Gasteiger partial charge on any atom is -0.335 e. The zero-order chi connectivity index (χ0) is 21.1. The summed E-state index contributed by atoms with van der Waals surface area (Å²) in [5.41, 5.74) is 4.30. The van der Waals surface area contributed by atoms with E-state index in [0.29, 0.717) is 18.4 Å². The molecule has 1 aliphatic heterocycles. The molecule has 1 N–H and O–H groups in total. The average Bonchev–Trinajstić information content (AvgIpc) is 3.09. The Morgan fingerprint density at radius 1 is 0.931 bits per heavy atom. The third-order valence-corrected chi connectivity index (χ3v) is 5.90. The van der Waals surface area contributed by atoms with Crippen molar-refractivity contribution in [3.05, 3.63) is 65.2 Å². The molecule has 1 aliphatic rings. The molecule has 0 spiro atoms. The molecule has 4 heteroatoms. The van der Waals surface area contributed by atoms with Crippen LogP contribution in [0.4, 0.5) is 5.69 Å². The first-order valence-electron chi connectivity index (χ1n) is 10.6. The minimum atomic E-state index is -0.325. The molecule has 1 heterocycles. The van der Waals surface area contributed by atoms with Gasteiger partial charge in [-0.2, -0.15) is 0 Å². The van der Waals surface area contributed by atoms with Crippen molar-refractivity contribution in [2.45, 2.75) is 58.9 Å². The van der Waals surface area contributed by atoms with Gasteiger partial charge in [-0.05, 0) is 35.4 Å². The van der Waals surface area contributed by atoms with Crippen molar-refractivity contribution in [2.75, 3.05) is 11.9 Å². The summed E-state index contributed by atoms with van der Waals surface area (Å²) < 4.78 is 0. The largest absolute Gasteiger partial charge is 0.335 e. The van der Waals surface area contributed by atoms with Gasteiger partial charge in [0.2, 0.25) is 11.8 Å². The van der Waals surface area contributed by atoms with Crippen LogP contribution in [0.2, 0.25) is 0 Å². The van der Waals surface area contributed by atoms with Crippen LogP contribution in [0.5, 0.6) is 0 Å². The normalized spacial score (nSPS) is 17.8. The second-order valence-electron chi connectivity index (χ2n) is 8.64. The van der Waals surface area contributed by atoms with Crippen LogP contribution in [0, 0.1) is 5.92 Å². The molecular weight excluding hydrogens is 360 g/mol. The van der Waals surface area contributed by atoms with Crippen LogP contribution in [-0.2, 0) is 9.59 Å². The van der Waals surface area contributed by atoms with Gasteiger partial charge in [0.1, 0.15) is 0 Å². The summed E-state index contributed by atoms with van der Waals surface area (Å²) in [4.78, 5) is 27.6. The van der Waals surface area contributed by atoms with E-state index in [1.54, 1.807) is 0 Å². The van der Waals surface area contributed by atoms with Crippen molar-refractivity contribution in [2.24, 2.45) is 5.92 Å². The van der Waals surface area contributed by atoms with Crippen LogP contribution in [0.25, 0.3) is 0 Å². The Bertz CT molecular complexity index is 847. The van der Waals surface area contributed by atoms with E-state index in [4.69, 9.17) is 0 Å². The van der Waals surface area contributed by atoms with Crippen molar-refractivity contribution in [1.82, 2.24) is 4.90 Å². The van der Waals surface area contributed by atoms with Gasteiger partial charge in [-0.1, -0.05) is 76.2 Å². The number of hydrogen-bond donors (Lipinski definition) is 1. The Balaban J connectivity index is 1.78. The van der Waals surface area contributed by atoms with Gasteiger partial charge in [-0.25, -0.2) is 0 Å². The van der Waals surface area contributed by atoms with Crippen molar-refractivity contribution in [3.8, 4) is 0 Å². The molecule has 3 rings (SSSR count). The van der Waals surface area contributed by atoms with Crippen molar-refractivity contribution in [1.29, 1.82) is 0 Å². The summed E-state index contributed by atoms with van der Waals surface area (Å²) in [6, 6.07) is 16.2. The highest BCUT2D eigenvalue weighted by atomic mass is 16.2. The van der Waals surface area contributed by atoms with E-state index in [1.807, 2.05) is 42.2 Å². The maximum atomic E-state index is 13.1. The number of carbonyl (C=O) groups excluding carboxylic acids is 2. The number of hydrogen-bond acceptors (Lipinski definition) is 2. The Hall–Kier alpha value is -2.62. The molecule has 154 valence electrons. The molecule has 0 unspecified atom stereocenters. The SMILES string of the molecule is CC(C)c1cccc(C(C)C)c1NC(=O)[C@H]1CC(=O)N([C@@H](C)c2ccccc2)C1. The van der Waals surface area contributed by atoms with E-state index >= 15 is 0 Å². The summed E-state index contributed by atoms with van der Waals surface area (Å²) in [7, 11) is 0. The monoisotopic (exact) mass is 392 g/mol. The maximum Gasteiger partial charge on any atom is 0.229 e. The Morgan fingerprint density at radius 3 is 2.07 bits per heavy atom. The molecular formula is C25H32N2O2. The molecule has 0 radical (unpaired) electrons. The lowest BCUT2D eigenvalue weighted by atomic mass is 9.92. The van der Waals surface area contributed by atoms with Crippen molar-refractivity contribution in [3.63, 3.8) is 0 Å². The molecule has 2 atom stereocenters. The van der Waals surface area contributed by atoms with Crippen molar-refractivity contribution >= 4 is 17.5 Å². The number of amides is 2. The van der Waals surface area contributed by atoms with Gasteiger partial charge in [0.15, 0.2) is 0 Å². The first-order chi connectivity index (χ1) is 13.8. The molecule has 0 aromatic heterocycles. The van der Waals surface area contributed by atoms with Gasteiger partial charge in [0.05, 0.1) is 12.0 Å². The standard InChI is InChI=1S/C25H32N2O2/c1-16(2)21-12-9-13-22(17(3)4)24(21)26-25(29)20-14-23(28)27(15-20)18(5)19-10-7-6-8-11-19/h6-13,16-18,20H,14-15H2,1-5H3,(H,26,29)/t18-,20-/m0/s1. The topological polar surface area (TPSA) is 49.4 Å². The fourth-order valence-corrected chi connectivity index (χ4v) is 4.11. The molecule has 2 aromatic carbocycles. The van der Waals surface area contributed by atoms with Gasteiger partial charge in [-0.3, -0.25) is 9.59 Å². The maximum absolute atomic E-state index is 13.1. The van der Waals surface area contributed by atoms with Gasteiger partial charge in [-0.15, -0.1) is 0 Å². The van der Waals surface area contributed by atoms with Crippen LogP contribution in [0.1, 0.15) is 75.6 Å². The second kappa shape index (κ2) is 8.81. The number of rotatable bonds is 6. The van der Waals surface area contributed by atoms with E-state index in [2.05, 4.69) is 51.2 Å². The molecule has 1 saturated heterocycles. The lowest BCUT2D eigenvalue weighted by molar-refractivity contribution is -0.129. The smallest absolute Gasteiger partial charge is 0.229 e. The van der Waals surface area contributed by atoms with E-state index in [9.17, 15) is 9.59 Å². The van der Waals surface area contributed by atoms with Crippen molar-refractivity contribution < 1.29 is 9.59 Å². The van der Waals surface area contributed by atoms with Gasteiger partial charge in [0.25, 0.3) is 0 Å². The first-order valence-corrected chi connectivity index (χ1v) is 10.6. The fraction of sp³-hybridized carbons (Fsp3) is 0.440. The molecule has 0 aliphatic carbocycles. The van der Waals surface area contributed by atoms with E-state index in [0.717, 1.165) is 22.4 Å².